The molecule has 2 fully saturated rings. The van der Waals surface area contributed by atoms with Gasteiger partial charge in [-0.3, -0.25) is 10.1 Å². The second kappa shape index (κ2) is 6.56. The van der Waals surface area contributed by atoms with E-state index in [0.29, 0.717) is 0 Å². The van der Waals surface area contributed by atoms with Gasteiger partial charge >= 0.3 is 0 Å². The van der Waals surface area contributed by atoms with E-state index >= 15 is 0 Å². The number of amides is 1. The van der Waals surface area contributed by atoms with Gasteiger partial charge in [0.05, 0.1) is 6.04 Å². The van der Waals surface area contributed by atoms with Crippen LogP contribution in [-0.4, -0.2) is 30.1 Å². The van der Waals surface area contributed by atoms with Crippen molar-refractivity contribution in [3.05, 3.63) is 34.9 Å². The Labute approximate surface area is 134 Å². The summed E-state index contributed by atoms with van der Waals surface area (Å²) in [6.07, 6.45) is 2.25. The minimum Gasteiger partial charge on any atom is -0.354 e. The molecule has 1 saturated heterocycles. The number of hydrogen-bond acceptors (Lipinski definition) is 3. The molecular formula is C14H18Cl2N2OS. The van der Waals surface area contributed by atoms with Gasteiger partial charge in [0.15, 0.2) is 0 Å². The van der Waals surface area contributed by atoms with Crippen molar-refractivity contribution in [1.82, 2.24) is 10.6 Å². The Morgan fingerprint density at radius 3 is 2.90 bits per heavy atom. The maximum atomic E-state index is 12.0. The van der Waals surface area contributed by atoms with Gasteiger partial charge in [0.25, 0.3) is 0 Å². The molecule has 0 aromatic heterocycles. The highest BCUT2D eigenvalue weighted by molar-refractivity contribution is 7.99. The van der Waals surface area contributed by atoms with E-state index in [9.17, 15) is 4.79 Å². The number of thioether (sulfide) groups is 1. The van der Waals surface area contributed by atoms with Crippen molar-refractivity contribution in [3.63, 3.8) is 0 Å². The molecular weight excluding hydrogens is 315 g/mol. The van der Waals surface area contributed by atoms with Crippen LogP contribution in [0.3, 0.4) is 0 Å². The molecule has 1 aliphatic heterocycles. The zero-order valence-corrected chi connectivity index (χ0v) is 13.4. The first-order valence-electron chi connectivity index (χ1n) is 6.55. The fourth-order valence-electron chi connectivity index (χ4n) is 2.48. The lowest BCUT2D eigenvalue weighted by Crippen LogP contribution is -2.44. The number of rotatable bonds is 4. The second-order valence-electron chi connectivity index (χ2n) is 5.28. The predicted octanol–water partition coefficient (Wildman–Crippen LogP) is 2.57. The van der Waals surface area contributed by atoms with Gasteiger partial charge in [-0.1, -0.05) is 23.7 Å². The first-order valence-corrected chi connectivity index (χ1v) is 8.08. The van der Waals surface area contributed by atoms with Gasteiger partial charge in [-0.2, -0.15) is 0 Å². The summed E-state index contributed by atoms with van der Waals surface area (Å²) in [6.45, 7) is 0.717. The summed E-state index contributed by atoms with van der Waals surface area (Å²) in [7, 11) is 0. The molecule has 3 rings (SSSR count). The summed E-state index contributed by atoms with van der Waals surface area (Å²) >= 11 is 7.81. The highest BCUT2D eigenvalue weighted by atomic mass is 35.5. The summed E-state index contributed by atoms with van der Waals surface area (Å²) in [5, 5.41) is 7.05. The number of carbonyl (C=O) groups is 1. The zero-order valence-electron chi connectivity index (χ0n) is 11.0. The van der Waals surface area contributed by atoms with Crippen LogP contribution in [0.4, 0.5) is 0 Å². The van der Waals surface area contributed by atoms with Gasteiger partial charge in [-0.05, 0) is 30.5 Å². The van der Waals surface area contributed by atoms with Crippen LogP contribution in [0.25, 0.3) is 0 Å². The predicted molar refractivity (Wildman–Crippen MR) is 86.9 cm³/mol. The highest BCUT2D eigenvalue weighted by Crippen LogP contribution is 2.48. The zero-order chi connectivity index (χ0) is 13.3. The standard InChI is InChI=1S/C14H17ClN2OS.ClH/c15-11-3-1-2-10(6-11)14(4-5-14)8-16-13(18)12-7-19-9-17-12;/h1-3,6,12,17H,4-5,7-9H2,(H,16,18);1H. The number of nitrogens with one attached hydrogen (secondary N) is 2. The van der Waals surface area contributed by atoms with Gasteiger partial charge < -0.3 is 5.32 Å². The Kier molecular flexibility index (Phi) is 5.24. The van der Waals surface area contributed by atoms with E-state index in [1.54, 1.807) is 11.8 Å². The molecule has 2 N–H and O–H groups in total. The molecule has 1 heterocycles. The lowest BCUT2D eigenvalue weighted by Gasteiger charge is -2.18. The van der Waals surface area contributed by atoms with Crippen LogP contribution in [0.5, 0.6) is 0 Å². The van der Waals surface area contributed by atoms with E-state index in [4.69, 9.17) is 11.6 Å². The van der Waals surface area contributed by atoms with E-state index in [1.165, 1.54) is 5.56 Å². The minimum absolute atomic E-state index is 0. The Bertz CT molecular complexity index is 488. The number of hydrogen-bond donors (Lipinski definition) is 2. The molecule has 1 aromatic rings. The van der Waals surface area contributed by atoms with Crippen molar-refractivity contribution >= 4 is 41.7 Å². The lowest BCUT2D eigenvalue weighted by molar-refractivity contribution is -0.122. The highest BCUT2D eigenvalue weighted by Gasteiger charge is 2.44. The summed E-state index contributed by atoms with van der Waals surface area (Å²) in [4.78, 5) is 12.0. The normalized spacial score (nSPS) is 22.9. The largest absolute Gasteiger partial charge is 0.354 e. The van der Waals surface area contributed by atoms with Gasteiger partial charge in [0.1, 0.15) is 0 Å². The first-order chi connectivity index (χ1) is 9.20. The van der Waals surface area contributed by atoms with E-state index in [1.807, 2.05) is 18.2 Å². The van der Waals surface area contributed by atoms with Crippen molar-refractivity contribution in [2.24, 2.45) is 0 Å². The Balaban J connectivity index is 0.00000147. The van der Waals surface area contributed by atoms with Gasteiger partial charge in [-0.25, -0.2) is 0 Å². The fourth-order valence-corrected chi connectivity index (χ4v) is 3.61. The molecule has 0 radical (unpaired) electrons. The molecule has 1 aromatic carbocycles. The maximum absolute atomic E-state index is 12.0. The quantitative estimate of drug-likeness (QED) is 0.890. The average molecular weight is 333 g/mol. The molecule has 0 bridgehead atoms. The summed E-state index contributed by atoms with van der Waals surface area (Å²) in [5.74, 6) is 1.87. The molecule has 1 atom stereocenters. The van der Waals surface area contributed by atoms with Crippen LogP contribution in [-0.2, 0) is 10.2 Å². The van der Waals surface area contributed by atoms with Crippen LogP contribution >= 0.6 is 35.8 Å². The molecule has 0 spiro atoms. The van der Waals surface area contributed by atoms with E-state index < -0.39 is 0 Å². The number of benzene rings is 1. The monoisotopic (exact) mass is 332 g/mol. The Hall–Kier alpha value is -0.420. The molecule has 1 saturated carbocycles. The van der Waals surface area contributed by atoms with Crippen LogP contribution in [0.15, 0.2) is 24.3 Å². The third-order valence-corrected chi connectivity index (χ3v) is 5.10. The Morgan fingerprint density at radius 1 is 1.50 bits per heavy atom. The molecule has 1 amide bonds. The third-order valence-electron chi connectivity index (χ3n) is 3.92. The van der Waals surface area contributed by atoms with Crippen LogP contribution in [0, 0.1) is 0 Å². The average Bonchev–Trinajstić information content (AvgIpc) is 3.00. The summed E-state index contributed by atoms with van der Waals surface area (Å²) in [6, 6.07) is 7.97. The number of halogens is 2. The molecule has 6 heteroatoms. The number of carbonyl (C=O) groups excluding carboxylic acids is 1. The van der Waals surface area contributed by atoms with Crippen LogP contribution in [0.2, 0.25) is 5.02 Å². The summed E-state index contributed by atoms with van der Waals surface area (Å²) < 4.78 is 0. The van der Waals surface area contributed by atoms with Gasteiger partial charge in [0.2, 0.25) is 5.91 Å². The summed E-state index contributed by atoms with van der Waals surface area (Å²) in [5.41, 5.74) is 1.36. The van der Waals surface area contributed by atoms with Crippen LogP contribution in [0.1, 0.15) is 18.4 Å². The van der Waals surface area contributed by atoms with Crippen molar-refractivity contribution in [3.8, 4) is 0 Å². The molecule has 1 aliphatic carbocycles. The smallest absolute Gasteiger partial charge is 0.238 e. The van der Waals surface area contributed by atoms with Crippen molar-refractivity contribution in [2.45, 2.75) is 24.3 Å². The maximum Gasteiger partial charge on any atom is 0.238 e. The van der Waals surface area contributed by atoms with E-state index in [-0.39, 0.29) is 29.8 Å². The van der Waals surface area contributed by atoms with Gasteiger partial charge in [-0.15, -0.1) is 24.2 Å². The van der Waals surface area contributed by atoms with E-state index in [2.05, 4.69) is 16.7 Å². The molecule has 2 aliphatic rings. The second-order valence-corrected chi connectivity index (χ2v) is 6.75. The van der Waals surface area contributed by atoms with Crippen molar-refractivity contribution in [1.29, 1.82) is 0 Å². The lowest BCUT2D eigenvalue weighted by atomic mass is 9.96. The topological polar surface area (TPSA) is 41.1 Å². The molecule has 3 nitrogen and oxygen atoms in total. The Morgan fingerprint density at radius 2 is 2.30 bits per heavy atom. The minimum atomic E-state index is -0.0276. The molecule has 20 heavy (non-hydrogen) atoms. The van der Waals surface area contributed by atoms with E-state index in [0.717, 1.165) is 36.0 Å². The first kappa shape index (κ1) is 16.0. The van der Waals surface area contributed by atoms with Crippen LogP contribution < -0.4 is 10.6 Å². The fraction of sp³-hybridized carbons (Fsp3) is 0.500. The van der Waals surface area contributed by atoms with Crippen molar-refractivity contribution in [2.75, 3.05) is 18.2 Å². The molecule has 1 unspecified atom stereocenters. The molecule has 110 valence electrons. The third kappa shape index (κ3) is 3.42. The van der Waals surface area contributed by atoms with Crippen molar-refractivity contribution < 1.29 is 4.79 Å². The SMILES string of the molecule is Cl.O=C(NCC1(c2cccc(Cl)c2)CC1)C1CSCN1. The van der Waals surface area contributed by atoms with Gasteiger partial charge in [0, 0.05) is 28.6 Å².